The Kier molecular flexibility index (Phi) is 2.78. The van der Waals surface area contributed by atoms with E-state index >= 15 is 0 Å². The van der Waals surface area contributed by atoms with Gasteiger partial charge < -0.3 is 15.4 Å². The molecular weight excluding hydrogens is 211 g/mol. The summed E-state index contributed by atoms with van der Waals surface area (Å²) in [5.41, 5.74) is 5.98. The van der Waals surface area contributed by atoms with Gasteiger partial charge in [-0.05, 0) is 19.1 Å². The van der Waals surface area contributed by atoms with Crippen LogP contribution in [0.3, 0.4) is 0 Å². The second kappa shape index (κ2) is 4.09. The predicted molar refractivity (Wildman–Crippen MR) is 57.9 cm³/mol. The second-order valence-electron chi connectivity index (χ2n) is 3.60. The Morgan fingerprint density at radius 2 is 2.38 bits per heavy atom. The molecule has 86 valence electrons. The number of hydrogen-bond acceptors (Lipinski definition) is 3. The van der Waals surface area contributed by atoms with Gasteiger partial charge in [0.15, 0.2) is 11.6 Å². The van der Waals surface area contributed by atoms with E-state index in [0.717, 1.165) is 0 Å². The van der Waals surface area contributed by atoms with Gasteiger partial charge in [0.25, 0.3) is 0 Å². The summed E-state index contributed by atoms with van der Waals surface area (Å²) in [5.74, 6) is -0.445. The van der Waals surface area contributed by atoms with Crippen molar-refractivity contribution in [3.63, 3.8) is 0 Å². The van der Waals surface area contributed by atoms with Crippen molar-refractivity contribution < 1.29 is 13.9 Å². The van der Waals surface area contributed by atoms with E-state index < -0.39 is 11.9 Å². The van der Waals surface area contributed by atoms with Gasteiger partial charge in [0, 0.05) is 11.8 Å². The van der Waals surface area contributed by atoms with E-state index in [1.165, 1.54) is 17.0 Å². The first-order valence-electron chi connectivity index (χ1n) is 5.12. The van der Waals surface area contributed by atoms with Gasteiger partial charge in [-0.2, -0.15) is 0 Å². The normalized spacial score (nSPS) is 19.6. The van der Waals surface area contributed by atoms with E-state index in [1.807, 2.05) is 0 Å². The molecule has 2 N–H and O–H groups in total. The minimum atomic E-state index is -0.465. The quantitative estimate of drug-likeness (QED) is 0.776. The monoisotopic (exact) mass is 224 g/mol. The molecule has 1 aliphatic rings. The first-order chi connectivity index (χ1) is 7.63. The zero-order chi connectivity index (χ0) is 11.7. The molecule has 1 amide bonds. The van der Waals surface area contributed by atoms with Crippen LogP contribution in [0.5, 0.6) is 5.75 Å². The summed E-state index contributed by atoms with van der Waals surface area (Å²) in [5, 5.41) is 0. The number of carbonyl (C=O) groups excluding carboxylic acids is 1. The summed E-state index contributed by atoms with van der Waals surface area (Å²) < 4.78 is 18.6. The number of anilines is 1. The Bertz CT molecular complexity index is 422. The fraction of sp³-hybridized carbons (Fsp3) is 0.364. The van der Waals surface area contributed by atoms with Crippen molar-refractivity contribution in [2.45, 2.75) is 13.0 Å². The Labute approximate surface area is 92.8 Å². The van der Waals surface area contributed by atoms with Crippen molar-refractivity contribution in [3.05, 3.63) is 24.0 Å². The molecule has 1 aromatic rings. The van der Waals surface area contributed by atoms with Crippen molar-refractivity contribution in [2.24, 2.45) is 5.73 Å². The molecule has 4 nitrogen and oxygen atoms in total. The number of hydrogen-bond donors (Lipinski definition) is 1. The Morgan fingerprint density at radius 3 is 2.88 bits per heavy atom. The van der Waals surface area contributed by atoms with Crippen LogP contribution in [0.1, 0.15) is 6.92 Å². The molecule has 1 atom stereocenters. The van der Waals surface area contributed by atoms with Crippen LogP contribution in [0, 0.1) is 5.82 Å². The van der Waals surface area contributed by atoms with Crippen LogP contribution in [0.4, 0.5) is 10.1 Å². The van der Waals surface area contributed by atoms with Crippen LogP contribution in [-0.2, 0) is 4.79 Å². The molecule has 5 heteroatoms. The number of nitrogens with two attached hydrogens (primary N) is 1. The van der Waals surface area contributed by atoms with Crippen LogP contribution in [-0.4, -0.2) is 25.1 Å². The Hall–Kier alpha value is -1.62. The highest BCUT2D eigenvalue weighted by molar-refractivity contribution is 6.03. The van der Waals surface area contributed by atoms with E-state index in [4.69, 9.17) is 10.5 Å². The lowest BCUT2D eigenvalue weighted by Gasteiger charge is -2.36. The maximum atomic E-state index is 13.5. The van der Waals surface area contributed by atoms with Crippen LogP contribution in [0.25, 0.3) is 0 Å². The molecule has 1 aromatic carbocycles. The standard InChI is InChI=1S/C11H13FN2O2/c1-2-16-10-4-3-7(5-8(10)12)14-6-9(13)11(14)15/h3-5,9H,2,6,13H2,1H3. The van der Waals surface area contributed by atoms with Crippen LogP contribution in [0.2, 0.25) is 0 Å². The maximum absolute atomic E-state index is 13.5. The first-order valence-corrected chi connectivity index (χ1v) is 5.12. The van der Waals surface area contributed by atoms with Gasteiger partial charge in [-0.1, -0.05) is 0 Å². The number of carbonyl (C=O) groups is 1. The molecule has 16 heavy (non-hydrogen) atoms. The minimum Gasteiger partial charge on any atom is -0.491 e. The summed E-state index contributed by atoms with van der Waals surface area (Å²) >= 11 is 0. The number of β-lactam (4-membered cyclic amide) rings is 1. The minimum absolute atomic E-state index is 0.177. The third kappa shape index (κ3) is 1.74. The molecule has 1 saturated heterocycles. The molecule has 0 aliphatic carbocycles. The van der Waals surface area contributed by atoms with Crippen molar-refractivity contribution in [1.82, 2.24) is 0 Å². The summed E-state index contributed by atoms with van der Waals surface area (Å²) in [6.45, 7) is 2.63. The summed E-state index contributed by atoms with van der Waals surface area (Å²) in [4.78, 5) is 12.8. The third-order valence-corrected chi connectivity index (χ3v) is 2.49. The van der Waals surface area contributed by atoms with E-state index in [1.54, 1.807) is 13.0 Å². The van der Waals surface area contributed by atoms with E-state index in [0.29, 0.717) is 18.8 Å². The zero-order valence-corrected chi connectivity index (χ0v) is 8.94. The largest absolute Gasteiger partial charge is 0.491 e. The highest BCUT2D eigenvalue weighted by atomic mass is 19.1. The van der Waals surface area contributed by atoms with Crippen LogP contribution >= 0.6 is 0 Å². The van der Waals surface area contributed by atoms with Gasteiger partial charge in [0.2, 0.25) is 5.91 Å². The molecule has 0 bridgehead atoms. The van der Waals surface area contributed by atoms with E-state index in [-0.39, 0.29) is 11.7 Å². The van der Waals surface area contributed by atoms with Crippen molar-refractivity contribution in [2.75, 3.05) is 18.1 Å². The molecule has 2 rings (SSSR count). The van der Waals surface area contributed by atoms with Crippen LogP contribution in [0.15, 0.2) is 18.2 Å². The summed E-state index contributed by atoms with van der Waals surface area (Å²) in [6.07, 6.45) is 0. The van der Waals surface area contributed by atoms with Crippen molar-refractivity contribution in [1.29, 1.82) is 0 Å². The number of amides is 1. The molecule has 1 unspecified atom stereocenters. The fourth-order valence-corrected chi connectivity index (χ4v) is 1.62. The smallest absolute Gasteiger partial charge is 0.245 e. The summed E-state index contributed by atoms with van der Waals surface area (Å²) in [7, 11) is 0. The van der Waals surface area contributed by atoms with Gasteiger partial charge in [-0.15, -0.1) is 0 Å². The van der Waals surface area contributed by atoms with Crippen molar-refractivity contribution >= 4 is 11.6 Å². The summed E-state index contributed by atoms with van der Waals surface area (Å²) in [6, 6.07) is 4.01. The number of rotatable bonds is 3. The Balaban J connectivity index is 2.18. The Morgan fingerprint density at radius 1 is 1.62 bits per heavy atom. The predicted octanol–water partition coefficient (Wildman–Crippen LogP) is 0.898. The second-order valence-corrected chi connectivity index (χ2v) is 3.60. The lowest BCUT2D eigenvalue weighted by Crippen LogP contribution is -2.61. The van der Waals surface area contributed by atoms with Gasteiger partial charge >= 0.3 is 0 Å². The lowest BCUT2D eigenvalue weighted by molar-refractivity contribution is -0.123. The van der Waals surface area contributed by atoms with E-state index in [9.17, 15) is 9.18 Å². The molecule has 0 saturated carbocycles. The molecule has 0 radical (unpaired) electrons. The van der Waals surface area contributed by atoms with Crippen LogP contribution < -0.4 is 15.4 Å². The molecule has 1 aliphatic heterocycles. The first kappa shape index (κ1) is 10.9. The van der Waals surface area contributed by atoms with Gasteiger partial charge in [-0.3, -0.25) is 4.79 Å². The highest BCUT2D eigenvalue weighted by Gasteiger charge is 2.34. The van der Waals surface area contributed by atoms with Gasteiger partial charge in [0.05, 0.1) is 13.2 Å². The average molecular weight is 224 g/mol. The molecule has 0 spiro atoms. The lowest BCUT2D eigenvalue weighted by atomic mass is 10.1. The third-order valence-electron chi connectivity index (χ3n) is 2.49. The number of benzene rings is 1. The van der Waals surface area contributed by atoms with E-state index in [2.05, 4.69) is 0 Å². The van der Waals surface area contributed by atoms with Crippen molar-refractivity contribution in [3.8, 4) is 5.75 Å². The molecular formula is C11H13FN2O2. The zero-order valence-electron chi connectivity index (χ0n) is 8.94. The average Bonchev–Trinajstić information content (AvgIpc) is 2.28. The molecule has 0 aromatic heterocycles. The molecule has 1 heterocycles. The number of halogens is 1. The van der Waals surface area contributed by atoms with Gasteiger partial charge in [-0.25, -0.2) is 4.39 Å². The number of nitrogens with zero attached hydrogens (tertiary/aromatic N) is 1. The highest BCUT2D eigenvalue weighted by Crippen LogP contribution is 2.26. The molecule has 1 fully saturated rings. The topological polar surface area (TPSA) is 55.6 Å². The van der Waals surface area contributed by atoms with Gasteiger partial charge in [0.1, 0.15) is 6.04 Å². The number of ether oxygens (including phenoxy) is 1. The SMILES string of the molecule is CCOc1ccc(N2CC(N)C2=O)cc1F. The maximum Gasteiger partial charge on any atom is 0.245 e. The fourth-order valence-electron chi connectivity index (χ4n) is 1.62.